The lowest BCUT2D eigenvalue weighted by atomic mass is 9.99. The van der Waals surface area contributed by atoms with E-state index in [2.05, 4.69) is 0 Å². The van der Waals surface area contributed by atoms with Crippen LogP contribution in [0.4, 0.5) is 5.69 Å². The molecule has 3 amide bonds. The van der Waals surface area contributed by atoms with Gasteiger partial charge in [-0.2, -0.15) is 0 Å². The summed E-state index contributed by atoms with van der Waals surface area (Å²) in [5.41, 5.74) is 2.40. The Labute approximate surface area is 181 Å². The summed E-state index contributed by atoms with van der Waals surface area (Å²) in [4.78, 5) is 41.6. The molecule has 0 saturated carbocycles. The molecule has 0 radical (unpaired) electrons. The van der Waals surface area contributed by atoms with Gasteiger partial charge in [0, 0.05) is 30.6 Å². The Hall–Kier alpha value is -3.00. The second kappa shape index (κ2) is 7.92. The Morgan fingerprint density at radius 3 is 2.48 bits per heavy atom. The first kappa shape index (κ1) is 21.2. The fourth-order valence-electron chi connectivity index (χ4n) is 4.11. The van der Waals surface area contributed by atoms with Gasteiger partial charge in [-0.1, -0.05) is 13.3 Å². The van der Waals surface area contributed by atoms with Gasteiger partial charge >= 0.3 is 0 Å². The summed E-state index contributed by atoms with van der Waals surface area (Å²) in [6.07, 6.45) is 4.15. The number of benzene rings is 2. The number of sulfone groups is 1. The van der Waals surface area contributed by atoms with Gasteiger partial charge in [-0.3, -0.25) is 19.3 Å². The van der Waals surface area contributed by atoms with Gasteiger partial charge in [-0.05, 0) is 61.2 Å². The summed E-state index contributed by atoms with van der Waals surface area (Å²) >= 11 is 0. The topological polar surface area (TPSA) is 91.8 Å². The number of anilines is 1. The minimum absolute atomic E-state index is 0.231. The molecule has 0 atom stereocenters. The maximum absolute atomic E-state index is 13.3. The van der Waals surface area contributed by atoms with E-state index < -0.39 is 9.84 Å². The van der Waals surface area contributed by atoms with Crippen LogP contribution in [-0.2, 0) is 16.3 Å². The van der Waals surface area contributed by atoms with Crippen molar-refractivity contribution in [3.63, 3.8) is 0 Å². The van der Waals surface area contributed by atoms with Crippen LogP contribution in [0.15, 0.2) is 41.3 Å². The Bertz CT molecular complexity index is 1200. The third-order valence-corrected chi connectivity index (χ3v) is 6.91. The summed E-state index contributed by atoms with van der Waals surface area (Å²) in [5, 5.41) is 0. The van der Waals surface area contributed by atoms with Gasteiger partial charge in [0.05, 0.1) is 16.0 Å². The summed E-state index contributed by atoms with van der Waals surface area (Å²) in [6, 6.07) is 9.43. The highest BCUT2D eigenvalue weighted by atomic mass is 32.2. The molecule has 162 valence electrons. The molecule has 2 heterocycles. The molecule has 0 saturated heterocycles. The smallest absolute Gasteiger partial charge is 0.261 e. The minimum Gasteiger partial charge on any atom is -0.308 e. The van der Waals surface area contributed by atoms with Crippen LogP contribution in [0.1, 0.15) is 62.8 Å². The highest BCUT2D eigenvalue weighted by Crippen LogP contribution is 2.32. The Morgan fingerprint density at radius 1 is 1.03 bits per heavy atom. The van der Waals surface area contributed by atoms with E-state index in [1.54, 1.807) is 29.2 Å². The lowest BCUT2D eigenvalue weighted by Crippen LogP contribution is -2.35. The van der Waals surface area contributed by atoms with E-state index in [-0.39, 0.29) is 28.2 Å². The van der Waals surface area contributed by atoms with Gasteiger partial charge < -0.3 is 4.90 Å². The monoisotopic (exact) mass is 440 g/mol. The van der Waals surface area contributed by atoms with E-state index in [1.165, 1.54) is 17.0 Å². The number of hydrogen-bond donors (Lipinski definition) is 0. The molecule has 0 spiro atoms. The quantitative estimate of drug-likeness (QED) is 0.667. The molecule has 31 heavy (non-hydrogen) atoms. The molecule has 0 fully saturated rings. The van der Waals surface area contributed by atoms with Crippen LogP contribution in [0.3, 0.4) is 0 Å². The second-order valence-corrected chi connectivity index (χ2v) is 10.0. The molecule has 8 heteroatoms. The lowest BCUT2D eigenvalue weighted by molar-refractivity contribution is 0.0652. The van der Waals surface area contributed by atoms with E-state index >= 15 is 0 Å². The number of nitrogens with zero attached hydrogens (tertiary/aromatic N) is 2. The second-order valence-electron chi connectivity index (χ2n) is 8.00. The number of rotatable bonds is 5. The van der Waals surface area contributed by atoms with Crippen molar-refractivity contribution in [2.75, 3.05) is 24.2 Å². The fourth-order valence-corrected chi connectivity index (χ4v) is 4.79. The van der Waals surface area contributed by atoms with Gasteiger partial charge in [-0.25, -0.2) is 8.42 Å². The van der Waals surface area contributed by atoms with Gasteiger partial charge in [0.15, 0.2) is 9.84 Å². The largest absolute Gasteiger partial charge is 0.308 e. The lowest BCUT2D eigenvalue weighted by Gasteiger charge is -2.30. The van der Waals surface area contributed by atoms with Crippen molar-refractivity contribution in [3.05, 3.63) is 58.7 Å². The zero-order valence-corrected chi connectivity index (χ0v) is 18.4. The third-order valence-electron chi connectivity index (χ3n) is 5.80. The SMILES string of the molecule is CCCCN1C(=O)c2ccc(C(=O)N3CCCc4cc(S(C)(=O)=O)ccc43)cc2C1=O. The summed E-state index contributed by atoms with van der Waals surface area (Å²) in [6.45, 7) is 2.86. The molecular formula is C23H24N2O5S. The van der Waals surface area contributed by atoms with Crippen molar-refractivity contribution in [2.24, 2.45) is 0 Å². The van der Waals surface area contributed by atoms with E-state index in [1.807, 2.05) is 6.92 Å². The number of unbranched alkanes of at least 4 members (excludes halogenated alkanes) is 1. The molecule has 0 unspecified atom stereocenters. The van der Waals surface area contributed by atoms with Crippen LogP contribution in [0.5, 0.6) is 0 Å². The number of fused-ring (bicyclic) bond motifs is 2. The Morgan fingerprint density at radius 2 is 1.77 bits per heavy atom. The molecular weight excluding hydrogens is 416 g/mol. The Balaban J connectivity index is 1.65. The van der Waals surface area contributed by atoms with Crippen LogP contribution in [0, 0.1) is 0 Å². The van der Waals surface area contributed by atoms with Gasteiger partial charge in [0.2, 0.25) is 0 Å². The number of aryl methyl sites for hydroxylation is 1. The molecule has 0 aromatic heterocycles. The van der Waals surface area contributed by atoms with Crippen LogP contribution in [0.25, 0.3) is 0 Å². The summed E-state index contributed by atoms with van der Waals surface area (Å²) in [7, 11) is -3.33. The average molecular weight is 441 g/mol. The van der Waals surface area contributed by atoms with Gasteiger partial charge in [0.1, 0.15) is 0 Å². The molecule has 4 rings (SSSR count). The van der Waals surface area contributed by atoms with Crippen molar-refractivity contribution >= 4 is 33.2 Å². The minimum atomic E-state index is -3.33. The molecule has 7 nitrogen and oxygen atoms in total. The first-order chi connectivity index (χ1) is 14.7. The van der Waals surface area contributed by atoms with Crippen LogP contribution in [0.2, 0.25) is 0 Å². The summed E-state index contributed by atoms with van der Waals surface area (Å²) < 4.78 is 23.7. The first-order valence-electron chi connectivity index (χ1n) is 10.4. The maximum Gasteiger partial charge on any atom is 0.261 e. The predicted molar refractivity (Wildman–Crippen MR) is 116 cm³/mol. The molecule has 0 aliphatic carbocycles. The molecule has 0 bridgehead atoms. The van der Waals surface area contributed by atoms with Gasteiger partial charge in [-0.15, -0.1) is 0 Å². The van der Waals surface area contributed by atoms with Crippen LogP contribution in [-0.4, -0.2) is 50.4 Å². The standard InChI is InChI=1S/C23H24N2O5S/c1-3-4-11-25-22(27)18-9-7-16(14-19(18)23(25)28)21(26)24-12-5-6-15-13-17(31(2,29)30)8-10-20(15)24/h7-10,13-14H,3-6,11-12H2,1-2H3. The summed E-state index contributed by atoms with van der Waals surface area (Å²) in [5.74, 6) is -0.952. The maximum atomic E-state index is 13.3. The van der Waals surface area contributed by atoms with Crippen molar-refractivity contribution in [2.45, 2.75) is 37.5 Å². The third kappa shape index (κ3) is 3.76. The van der Waals surface area contributed by atoms with Gasteiger partial charge in [0.25, 0.3) is 17.7 Å². The molecule has 0 N–H and O–H groups in total. The first-order valence-corrected chi connectivity index (χ1v) is 12.3. The number of carbonyl (C=O) groups is 3. The molecule has 2 aromatic carbocycles. The highest BCUT2D eigenvalue weighted by molar-refractivity contribution is 7.90. The normalized spacial score (nSPS) is 15.8. The molecule has 2 aliphatic rings. The van der Waals surface area contributed by atoms with Crippen molar-refractivity contribution in [1.82, 2.24) is 4.90 Å². The number of hydrogen-bond acceptors (Lipinski definition) is 5. The van der Waals surface area contributed by atoms with E-state index in [0.29, 0.717) is 42.7 Å². The van der Waals surface area contributed by atoms with Crippen LogP contribution < -0.4 is 4.90 Å². The molecule has 2 aromatic rings. The predicted octanol–water partition coefficient (Wildman–Crippen LogP) is 3.08. The number of imide groups is 1. The zero-order chi connectivity index (χ0) is 22.3. The number of carbonyl (C=O) groups excluding carboxylic acids is 3. The van der Waals surface area contributed by atoms with Crippen molar-refractivity contribution in [3.8, 4) is 0 Å². The van der Waals surface area contributed by atoms with E-state index in [0.717, 1.165) is 24.7 Å². The zero-order valence-electron chi connectivity index (χ0n) is 17.6. The van der Waals surface area contributed by atoms with Crippen molar-refractivity contribution < 1.29 is 22.8 Å². The average Bonchev–Trinajstić information content (AvgIpc) is 2.99. The van der Waals surface area contributed by atoms with Crippen molar-refractivity contribution in [1.29, 1.82) is 0 Å². The van der Waals surface area contributed by atoms with Crippen LogP contribution >= 0.6 is 0 Å². The highest BCUT2D eigenvalue weighted by Gasteiger charge is 2.36. The van der Waals surface area contributed by atoms with E-state index in [4.69, 9.17) is 0 Å². The van der Waals surface area contributed by atoms with E-state index in [9.17, 15) is 22.8 Å². The number of amides is 3. The Kier molecular flexibility index (Phi) is 5.43. The molecule has 2 aliphatic heterocycles. The fraction of sp³-hybridized carbons (Fsp3) is 0.348.